The van der Waals surface area contributed by atoms with Gasteiger partial charge >= 0.3 is 0 Å². The Morgan fingerprint density at radius 2 is 1.14 bits per heavy atom. The second-order valence-corrected chi connectivity index (χ2v) is 6.87. The quantitative estimate of drug-likeness (QED) is 0.878. The van der Waals surface area contributed by atoms with Gasteiger partial charge in [0.15, 0.2) is 0 Å². The Hall–Kier alpha value is -1.64. The van der Waals surface area contributed by atoms with Gasteiger partial charge in [0.2, 0.25) is 0 Å². The Morgan fingerprint density at radius 3 is 1.50 bits per heavy atom. The fourth-order valence-corrected chi connectivity index (χ4v) is 3.85. The third-order valence-corrected chi connectivity index (χ3v) is 5.70. The zero-order valence-corrected chi connectivity index (χ0v) is 13.6. The SMILES string of the molecule is C[C@H]1[C@@H](c2ccccc2)[NH2+][C@@H](c2ccccc2)[C@H](C)C1(C)O. The number of hydrogen-bond acceptors (Lipinski definition) is 1. The number of rotatable bonds is 2. The lowest BCUT2D eigenvalue weighted by Crippen LogP contribution is -2.93. The molecule has 5 atom stereocenters. The van der Waals surface area contributed by atoms with E-state index in [9.17, 15) is 5.11 Å². The molecule has 2 aromatic rings. The normalized spacial score (nSPS) is 35.3. The molecular formula is C20H26NO+. The summed E-state index contributed by atoms with van der Waals surface area (Å²) in [5, 5.41) is 13.6. The van der Waals surface area contributed by atoms with Crippen LogP contribution in [0.4, 0.5) is 0 Å². The van der Waals surface area contributed by atoms with Crippen molar-refractivity contribution in [2.45, 2.75) is 38.5 Å². The van der Waals surface area contributed by atoms with Crippen molar-refractivity contribution >= 4 is 0 Å². The highest BCUT2D eigenvalue weighted by atomic mass is 16.3. The van der Waals surface area contributed by atoms with Gasteiger partial charge in [0.1, 0.15) is 12.1 Å². The predicted molar refractivity (Wildman–Crippen MR) is 89.2 cm³/mol. The van der Waals surface area contributed by atoms with Gasteiger partial charge in [-0.2, -0.15) is 0 Å². The maximum atomic E-state index is 11.2. The molecule has 1 fully saturated rings. The maximum absolute atomic E-state index is 11.2. The molecule has 2 aromatic carbocycles. The van der Waals surface area contributed by atoms with E-state index in [1.165, 1.54) is 11.1 Å². The van der Waals surface area contributed by atoms with Gasteiger partial charge in [-0.05, 0) is 6.92 Å². The Kier molecular flexibility index (Phi) is 4.07. The minimum absolute atomic E-state index is 0.199. The molecule has 0 saturated carbocycles. The second kappa shape index (κ2) is 5.86. The first kappa shape index (κ1) is 15.3. The molecule has 0 bridgehead atoms. The first-order chi connectivity index (χ1) is 10.5. The van der Waals surface area contributed by atoms with Crippen molar-refractivity contribution in [1.82, 2.24) is 0 Å². The van der Waals surface area contributed by atoms with Crippen molar-refractivity contribution in [2.75, 3.05) is 0 Å². The largest absolute Gasteiger partial charge is 0.389 e. The van der Waals surface area contributed by atoms with Crippen LogP contribution in [0.15, 0.2) is 60.7 Å². The van der Waals surface area contributed by atoms with Gasteiger partial charge in [0.05, 0.1) is 5.60 Å². The molecule has 0 amide bonds. The van der Waals surface area contributed by atoms with Crippen LogP contribution in [0.5, 0.6) is 0 Å². The monoisotopic (exact) mass is 296 g/mol. The predicted octanol–water partition coefficient (Wildman–Crippen LogP) is 3.07. The summed E-state index contributed by atoms with van der Waals surface area (Å²) >= 11 is 0. The van der Waals surface area contributed by atoms with Crippen LogP contribution >= 0.6 is 0 Å². The Balaban J connectivity index is 1.99. The van der Waals surface area contributed by atoms with Crippen molar-refractivity contribution in [3.8, 4) is 0 Å². The molecular weight excluding hydrogens is 270 g/mol. The van der Waals surface area contributed by atoms with E-state index in [1.54, 1.807) is 0 Å². The second-order valence-electron chi connectivity index (χ2n) is 6.87. The van der Waals surface area contributed by atoms with Crippen LogP contribution in [-0.2, 0) is 0 Å². The van der Waals surface area contributed by atoms with Crippen LogP contribution in [0.25, 0.3) is 0 Å². The molecule has 0 spiro atoms. The van der Waals surface area contributed by atoms with E-state index in [0.717, 1.165) is 0 Å². The van der Waals surface area contributed by atoms with Crippen LogP contribution in [0.3, 0.4) is 0 Å². The first-order valence-corrected chi connectivity index (χ1v) is 8.19. The zero-order valence-electron chi connectivity index (χ0n) is 13.6. The van der Waals surface area contributed by atoms with Crippen molar-refractivity contribution in [2.24, 2.45) is 11.8 Å². The molecule has 3 rings (SSSR count). The Morgan fingerprint density at radius 1 is 0.773 bits per heavy atom. The highest BCUT2D eigenvalue weighted by molar-refractivity contribution is 5.23. The molecule has 1 saturated heterocycles. The number of aliphatic hydroxyl groups is 1. The van der Waals surface area contributed by atoms with Gasteiger partial charge < -0.3 is 10.4 Å². The molecule has 3 N–H and O–H groups in total. The molecule has 0 aliphatic carbocycles. The minimum atomic E-state index is -0.685. The van der Waals surface area contributed by atoms with Gasteiger partial charge in [-0.3, -0.25) is 0 Å². The summed E-state index contributed by atoms with van der Waals surface area (Å²) in [6.45, 7) is 6.35. The molecule has 0 radical (unpaired) electrons. The highest BCUT2D eigenvalue weighted by Gasteiger charge is 2.51. The number of benzene rings is 2. The number of nitrogens with two attached hydrogens (primary N) is 1. The highest BCUT2D eigenvalue weighted by Crippen LogP contribution is 2.42. The average molecular weight is 296 g/mol. The zero-order chi connectivity index (χ0) is 15.7. The van der Waals surface area contributed by atoms with Crippen LogP contribution in [0.2, 0.25) is 0 Å². The fourth-order valence-electron chi connectivity index (χ4n) is 3.85. The van der Waals surface area contributed by atoms with Gasteiger partial charge in [-0.25, -0.2) is 0 Å². The molecule has 2 nitrogen and oxygen atoms in total. The van der Waals surface area contributed by atoms with Gasteiger partial charge in [-0.1, -0.05) is 74.5 Å². The molecule has 2 heteroatoms. The topological polar surface area (TPSA) is 36.8 Å². The molecule has 0 aromatic heterocycles. The van der Waals surface area contributed by atoms with Crippen LogP contribution in [0.1, 0.15) is 44.0 Å². The summed E-state index contributed by atoms with van der Waals surface area (Å²) < 4.78 is 0. The molecule has 1 heterocycles. The Labute approximate surface area is 133 Å². The van der Waals surface area contributed by atoms with E-state index in [4.69, 9.17) is 0 Å². The minimum Gasteiger partial charge on any atom is -0.389 e. The smallest absolute Gasteiger partial charge is 0.117 e. The van der Waals surface area contributed by atoms with Crippen molar-refractivity contribution in [3.05, 3.63) is 71.8 Å². The van der Waals surface area contributed by atoms with Gasteiger partial charge in [0.25, 0.3) is 0 Å². The summed E-state index contributed by atoms with van der Waals surface area (Å²) in [7, 11) is 0. The molecule has 1 aliphatic rings. The lowest BCUT2D eigenvalue weighted by atomic mass is 9.67. The van der Waals surface area contributed by atoms with E-state index in [-0.39, 0.29) is 23.9 Å². The molecule has 1 unspecified atom stereocenters. The summed E-state index contributed by atoms with van der Waals surface area (Å²) in [5.74, 6) is 0.398. The summed E-state index contributed by atoms with van der Waals surface area (Å²) in [5.41, 5.74) is 1.90. The third-order valence-electron chi connectivity index (χ3n) is 5.70. The van der Waals surface area contributed by atoms with E-state index in [1.807, 2.05) is 19.1 Å². The molecule has 116 valence electrons. The lowest BCUT2D eigenvalue weighted by Gasteiger charge is -2.47. The van der Waals surface area contributed by atoms with E-state index < -0.39 is 5.60 Å². The van der Waals surface area contributed by atoms with E-state index in [0.29, 0.717) is 0 Å². The summed E-state index contributed by atoms with van der Waals surface area (Å²) in [6, 6.07) is 21.7. The van der Waals surface area contributed by atoms with Gasteiger partial charge in [-0.15, -0.1) is 0 Å². The summed E-state index contributed by atoms with van der Waals surface area (Å²) in [6.07, 6.45) is 0. The third kappa shape index (κ3) is 2.57. The van der Waals surface area contributed by atoms with Crippen LogP contribution in [-0.4, -0.2) is 10.7 Å². The molecule has 22 heavy (non-hydrogen) atoms. The van der Waals surface area contributed by atoms with Crippen molar-refractivity contribution in [1.29, 1.82) is 0 Å². The number of hydrogen-bond donors (Lipinski definition) is 2. The van der Waals surface area contributed by atoms with Crippen LogP contribution in [0, 0.1) is 11.8 Å². The first-order valence-electron chi connectivity index (χ1n) is 8.19. The molecule has 1 aliphatic heterocycles. The average Bonchev–Trinajstić information content (AvgIpc) is 2.55. The fraction of sp³-hybridized carbons (Fsp3) is 0.400. The van der Waals surface area contributed by atoms with E-state index >= 15 is 0 Å². The lowest BCUT2D eigenvalue weighted by molar-refractivity contribution is -0.763. The van der Waals surface area contributed by atoms with Crippen LogP contribution < -0.4 is 5.32 Å². The van der Waals surface area contributed by atoms with E-state index in [2.05, 4.69) is 67.7 Å². The van der Waals surface area contributed by atoms with Crippen molar-refractivity contribution < 1.29 is 10.4 Å². The standard InChI is InChI=1S/C20H25NO/c1-14-18(16-10-6-4-7-11-16)21-19(15(2)20(14,3)22)17-12-8-5-9-13-17/h4-15,18-19,21-22H,1-3H3/p+1/t14-,15-,18-,19+,20?/m0/s1. The van der Waals surface area contributed by atoms with Gasteiger partial charge in [0, 0.05) is 23.0 Å². The number of quaternary nitrogens is 1. The Bertz CT molecular complexity index is 555. The summed E-state index contributed by atoms with van der Waals surface area (Å²) in [4.78, 5) is 0. The maximum Gasteiger partial charge on any atom is 0.117 e. The number of piperidine rings is 1. The van der Waals surface area contributed by atoms with Crippen molar-refractivity contribution in [3.63, 3.8) is 0 Å².